The molecule has 1 saturated heterocycles. The molecule has 0 spiro atoms. The van der Waals surface area contributed by atoms with Crippen LogP contribution in [0.1, 0.15) is 18.3 Å². The number of carbonyl (C=O) groups is 1. The first-order chi connectivity index (χ1) is 13.6. The van der Waals surface area contributed by atoms with E-state index in [1.807, 2.05) is 6.92 Å². The molecule has 0 radical (unpaired) electrons. The van der Waals surface area contributed by atoms with Crippen molar-refractivity contribution in [2.75, 3.05) is 26.2 Å². The van der Waals surface area contributed by atoms with E-state index in [9.17, 15) is 23.3 Å². The van der Waals surface area contributed by atoms with Gasteiger partial charge in [-0.25, -0.2) is 8.42 Å². The molecule has 12 nitrogen and oxygen atoms in total. The Balaban J connectivity index is 1.64. The van der Waals surface area contributed by atoms with Crippen LogP contribution in [0.4, 0.5) is 5.82 Å². The molecule has 3 heterocycles. The fraction of sp³-hybridized carbons (Fsp3) is 0.562. The van der Waals surface area contributed by atoms with E-state index in [1.165, 1.54) is 21.3 Å². The summed E-state index contributed by atoms with van der Waals surface area (Å²) in [4.78, 5) is 24.5. The van der Waals surface area contributed by atoms with Gasteiger partial charge < -0.3 is 15.0 Å². The predicted octanol–water partition coefficient (Wildman–Crippen LogP) is 0.158. The number of sulfonamides is 1. The van der Waals surface area contributed by atoms with Crippen molar-refractivity contribution < 1.29 is 18.1 Å². The molecule has 3 rings (SSSR count). The number of hydrogen-bond donors (Lipinski definition) is 0. The summed E-state index contributed by atoms with van der Waals surface area (Å²) >= 11 is 0. The summed E-state index contributed by atoms with van der Waals surface area (Å²) in [7, 11) is -3.68. The van der Waals surface area contributed by atoms with Gasteiger partial charge in [-0.2, -0.15) is 14.1 Å². The molecule has 0 atom stereocenters. The molecule has 1 aliphatic rings. The summed E-state index contributed by atoms with van der Waals surface area (Å²) < 4.78 is 30.0. The van der Waals surface area contributed by atoms with Crippen LogP contribution in [-0.2, 0) is 27.9 Å². The van der Waals surface area contributed by atoms with Gasteiger partial charge >= 0.3 is 5.82 Å². The summed E-state index contributed by atoms with van der Waals surface area (Å²) in [6, 6.07) is 1.30. The van der Waals surface area contributed by atoms with Crippen molar-refractivity contribution in [1.29, 1.82) is 0 Å². The Labute approximate surface area is 167 Å². The third-order valence-electron chi connectivity index (χ3n) is 4.87. The smallest absolute Gasteiger partial charge is 0.358 e. The molecule has 0 N–H and O–H groups in total. The fourth-order valence-corrected chi connectivity index (χ4v) is 4.79. The van der Waals surface area contributed by atoms with E-state index in [0.29, 0.717) is 17.9 Å². The minimum atomic E-state index is -3.68. The molecule has 13 heteroatoms. The van der Waals surface area contributed by atoms with E-state index in [1.54, 1.807) is 23.4 Å². The van der Waals surface area contributed by atoms with E-state index in [4.69, 9.17) is 0 Å². The molecule has 158 valence electrons. The predicted molar refractivity (Wildman–Crippen MR) is 102 cm³/mol. The maximum atomic E-state index is 12.9. The Morgan fingerprint density at radius 2 is 1.86 bits per heavy atom. The fourth-order valence-electron chi connectivity index (χ4n) is 3.20. The second-order valence-corrected chi connectivity index (χ2v) is 8.68. The number of rotatable bonds is 6. The van der Waals surface area contributed by atoms with Crippen LogP contribution in [0.2, 0.25) is 0 Å². The molecule has 1 fully saturated rings. The van der Waals surface area contributed by atoms with E-state index in [2.05, 4.69) is 10.2 Å². The van der Waals surface area contributed by atoms with Crippen LogP contribution < -0.4 is 0 Å². The Morgan fingerprint density at radius 3 is 2.38 bits per heavy atom. The highest BCUT2D eigenvalue weighted by Crippen LogP contribution is 2.21. The topological polar surface area (TPSA) is 136 Å². The van der Waals surface area contributed by atoms with Gasteiger partial charge in [0.15, 0.2) is 0 Å². The molecule has 0 saturated carbocycles. The highest BCUT2D eigenvalue weighted by Gasteiger charge is 2.32. The summed E-state index contributed by atoms with van der Waals surface area (Å²) in [6.45, 7) is 6.43. The maximum Gasteiger partial charge on any atom is 0.390 e. The highest BCUT2D eigenvalue weighted by atomic mass is 32.2. The van der Waals surface area contributed by atoms with E-state index < -0.39 is 14.9 Å². The minimum absolute atomic E-state index is 0.130. The summed E-state index contributed by atoms with van der Waals surface area (Å²) in [5, 5.41) is 18.8. The van der Waals surface area contributed by atoms with Gasteiger partial charge in [-0.1, -0.05) is 0 Å². The largest absolute Gasteiger partial charge is 0.390 e. The number of aryl methyl sites for hydroxylation is 3. The molecule has 2 aromatic rings. The van der Waals surface area contributed by atoms with Gasteiger partial charge in [-0.3, -0.25) is 9.48 Å². The molecule has 0 unspecified atom stereocenters. The van der Waals surface area contributed by atoms with Crippen molar-refractivity contribution in [1.82, 2.24) is 28.8 Å². The molecule has 1 amide bonds. The van der Waals surface area contributed by atoms with E-state index in [-0.39, 0.29) is 49.3 Å². The molecule has 0 aromatic carbocycles. The lowest BCUT2D eigenvalue weighted by molar-refractivity contribution is -0.389. The van der Waals surface area contributed by atoms with Crippen LogP contribution in [0.15, 0.2) is 17.2 Å². The summed E-state index contributed by atoms with van der Waals surface area (Å²) in [5.74, 6) is -0.577. The van der Waals surface area contributed by atoms with Gasteiger partial charge in [0.25, 0.3) is 0 Å². The first kappa shape index (κ1) is 20.9. The second-order valence-electron chi connectivity index (χ2n) is 6.78. The number of nitro groups is 1. The molecular weight excluding hydrogens is 402 g/mol. The lowest BCUT2D eigenvalue weighted by atomic mass is 10.3. The molecular formula is C16H23N7O5S. The van der Waals surface area contributed by atoms with E-state index >= 15 is 0 Å². The third kappa shape index (κ3) is 4.15. The minimum Gasteiger partial charge on any atom is -0.358 e. The zero-order valence-corrected chi connectivity index (χ0v) is 17.3. The van der Waals surface area contributed by atoms with Crippen LogP contribution in [-0.4, -0.2) is 74.2 Å². The summed E-state index contributed by atoms with van der Waals surface area (Å²) in [6.07, 6.45) is 1.52. The summed E-state index contributed by atoms with van der Waals surface area (Å²) in [5.41, 5.74) is 0.954. The highest BCUT2D eigenvalue weighted by molar-refractivity contribution is 7.89. The van der Waals surface area contributed by atoms with Gasteiger partial charge in [0.2, 0.25) is 15.9 Å². The first-order valence-electron chi connectivity index (χ1n) is 9.14. The quantitative estimate of drug-likeness (QED) is 0.475. The van der Waals surface area contributed by atoms with Crippen LogP contribution >= 0.6 is 0 Å². The molecule has 1 aliphatic heterocycles. The van der Waals surface area contributed by atoms with Crippen LogP contribution in [0.25, 0.3) is 0 Å². The van der Waals surface area contributed by atoms with E-state index in [0.717, 1.165) is 0 Å². The Morgan fingerprint density at radius 1 is 1.21 bits per heavy atom. The van der Waals surface area contributed by atoms with Gasteiger partial charge in [0.1, 0.15) is 11.4 Å². The molecule has 29 heavy (non-hydrogen) atoms. The molecule has 0 bridgehead atoms. The number of aromatic nitrogens is 4. The van der Waals surface area contributed by atoms with Gasteiger partial charge in [-0.05, 0) is 25.7 Å². The standard InChI is InChI=1S/C16H23N7O5S/c1-4-20-10-14(13(3)17-20)29(27,28)21-7-5-19(6-8-21)16(24)11-22-12(2)9-15(18-22)23(25)26/h9-10H,4-8,11H2,1-3H3. The Kier molecular flexibility index (Phi) is 5.71. The lowest BCUT2D eigenvalue weighted by Gasteiger charge is -2.33. The number of nitrogens with zero attached hydrogens (tertiary/aromatic N) is 7. The monoisotopic (exact) mass is 425 g/mol. The Hall–Kier alpha value is -2.80. The normalized spacial score (nSPS) is 15.6. The zero-order chi connectivity index (χ0) is 21.3. The first-order valence-corrected chi connectivity index (χ1v) is 10.6. The third-order valence-corrected chi connectivity index (χ3v) is 6.88. The van der Waals surface area contributed by atoms with Crippen molar-refractivity contribution in [2.24, 2.45) is 0 Å². The van der Waals surface area contributed by atoms with Gasteiger partial charge in [0, 0.05) is 38.9 Å². The van der Waals surface area contributed by atoms with Crippen molar-refractivity contribution in [3.8, 4) is 0 Å². The zero-order valence-electron chi connectivity index (χ0n) is 16.5. The number of amides is 1. The van der Waals surface area contributed by atoms with Crippen LogP contribution in [0.3, 0.4) is 0 Å². The van der Waals surface area contributed by atoms with Crippen molar-refractivity contribution >= 4 is 21.7 Å². The van der Waals surface area contributed by atoms with Crippen molar-refractivity contribution in [3.05, 3.63) is 33.8 Å². The number of hydrogen-bond acceptors (Lipinski definition) is 7. The number of carbonyl (C=O) groups excluding carboxylic acids is 1. The number of piperazine rings is 1. The SMILES string of the molecule is CCn1cc(S(=O)(=O)N2CCN(C(=O)Cn3nc([N+](=O)[O-])cc3C)CC2)c(C)n1. The van der Waals surface area contributed by atoms with Crippen molar-refractivity contribution in [3.63, 3.8) is 0 Å². The van der Waals surface area contributed by atoms with Crippen molar-refractivity contribution in [2.45, 2.75) is 38.8 Å². The molecule has 2 aromatic heterocycles. The van der Waals surface area contributed by atoms with Crippen LogP contribution in [0.5, 0.6) is 0 Å². The average Bonchev–Trinajstić information content (AvgIpc) is 3.25. The van der Waals surface area contributed by atoms with Gasteiger partial charge in [0.05, 0.1) is 22.6 Å². The molecule has 0 aliphatic carbocycles. The Bertz CT molecular complexity index is 1030. The maximum absolute atomic E-state index is 12.9. The second kappa shape index (κ2) is 7.91. The average molecular weight is 425 g/mol. The lowest BCUT2D eigenvalue weighted by Crippen LogP contribution is -2.51. The van der Waals surface area contributed by atoms with Gasteiger partial charge in [-0.15, -0.1) is 0 Å². The van der Waals surface area contributed by atoms with Crippen LogP contribution in [0, 0.1) is 24.0 Å².